The first-order chi connectivity index (χ1) is 13.9. The summed E-state index contributed by atoms with van der Waals surface area (Å²) in [5, 5.41) is 1.53. The van der Waals surface area contributed by atoms with Crippen molar-refractivity contribution >= 4 is 55.5 Å². The normalized spacial score (nSPS) is 14.5. The van der Waals surface area contributed by atoms with Crippen LogP contribution in [-0.2, 0) is 23.0 Å². The van der Waals surface area contributed by atoms with Gasteiger partial charge in [-0.1, -0.05) is 35.9 Å². The number of hydrogen-bond acceptors (Lipinski definition) is 4. The van der Waals surface area contributed by atoms with Gasteiger partial charge in [-0.25, -0.2) is 13.1 Å². The first-order valence-electron chi connectivity index (χ1n) is 9.91. The van der Waals surface area contributed by atoms with Crippen molar-refractivity contribution in [3.05, 3.63) is 64.2 Å². The largest absolute Gasteiger partial charge is 0.299 e. The summed E-state index contributed by atoms with van der Waals surface area (Å²) in [6, 6.07) is 14.1. The molecule has 3 aromatic rings. The fourth-order valence-electron chi connectivity index (χ4n) is 3.90. The fraction of sp³-hybridized carbons (Fsp3) is 0.364. The van der Waals surface area contributed by atoms with E-state index >= 15 is 0 Å². The van der Waals surface area contributed by atoms with Gasteiger partial charge in [0.2, 0.25) is 10.0 Å². The van der Waals surface area contributed by atoms with Crippen LogP contribution in [0, 0.1) is 6.92 Å². The molecule has 0 bridgehead atoms. The van der Waals surface area contributed by atoms with Crippen LogP contribution >= 0.6 is 35.3 Å². The predicted molar refractivity (Wildman–Crippen MR) is 129 cm³/mol. The number of unbranched alkanes of at least 4 members (excludes halogenated alkanes) is 1. The highest BCUT2D eigenvalue weighted by molar-refractivity contribution is 7.91. The Morgan fingerprint density at radius 1 is 1.13 bits per heavy atom. The zero-order valence-corrected chi connectivity index (χ0v) is 20.1. The van der Waals surface area contributed by atoms with Crippen molar-refractivity contribution in [3.63, 3.8) is 0 Å². The average molecular weight is 486 g/mol. The Labute approximate surface area is 193 Å². The molecule has 2 heterocycles. The molecule has 4 nitrogen and oxygen atoms in total. The van der Waals surface area contributed by atoms with E-state index in [1.54, 1.807) is 6.07 Å². The fourth-order valence-corrected chi connectivity index (χ4v) is 6.94. The van der Waals surface area contributed by atoms with E-state index in [0.29, 0.717) is 15.8 Å². The monoisotopic (exact) mass is 484 g/mol. The van der Waals surface area contributed by atoms with Gasteiger partial charge in [0.25, 0.3) is 0 Å². The molecule has 0 spiro atoms. The highest BCUT2D eigenvalue weighted by Crippen LogP contribution is 2.35. The van der Waals surface area contributed by atoms with Crippen LogP contribution < -0.4 is 4.72 Å². The Balaban J connectivity index is 0.00000256. The molecular weight excluding hydrogens is 459 g/mol. The Morgan fingerprint density at radius 3 is 2.70 bits per heavy atom. The minimum absolute atomic E-state index is 0. The number of sulfonamides is 1. The first kappa shape index (κ1) is 23.5. The molecule has 0 amide bonds. The van der Waals surface area contributed by atoms with Crippen molar-refractivity contribution in [2.45, 2.75) is 36.9 Å². The lowest BCUT2D eigenvalue weighted by atomic mass is 10.00. The van der Waals surface area contributed by atoms with Gasteiger partial charge in [-0.2, -0.15) is 0 Å². The van der Waals surface area contributed by atoms with Gasteiger partial charge in [-0.3, -0.25) is 4.90 Å². The van der Waals surface area contributed by atoms with Crippen molar-refractivity contribution in [1.82, 2.24) is 9.62 Å². The highest BCUT2D eigenvalue weighted by Gasteiger charge is 2.21. The van der Waals surface area contributed by atoms with Gasteiger partial charge >= 0.3 is 0 Å². The number of halogens is 2. The lowest BCUT2D eigenvalue weighted by molar-refractivity contribution is 0.249. The lowest BCUT2D eigenvalue weighted by Crippen LogP contribution is -2.32. The summed E-state index contributed by atoms with van der Waals surface area (Å²) in [5.74, 6) is 0. The number of rotatable bonds is 7. The van der Waals surface area contributed by atoms with Crippen molar-refractivity contribution in [2.75, 3.05) is 19.6 Å². The van der Waals surface area contributed by atoms with E-state index in [2.05, 4.69) is 33.9 Å². The Bertz CT molecular complexity index is 1130. The topological polar surface area (TPSA) is 49.4 Å². The number of benzene rings is 2. The van der Waals surface area contributed by atoms with Crippen LogP contribution in [0.3, 0.4) is 0 Å². The van der Waals surface area contributed by atoms with Gasteiger partial charge in [-0.05, 0) is 73.0 Å². The number of hydrogen-bond donors (Lipinski definition) is 1. The lowest BCUT2D eigenvalue weighted by Gasteiger charge is -2.28. The number of nitrogens with zero attached hydrogens (tertiary/aromatic N) is 1. The summed E-state index contributed by atoms with van der Waals surface area (Å²) in [4.78, 5) is 2.46. The van der Waals surface area contributed by atoms with Gasteiger partial charge in [0.05, 0.1) is 0 Å². The minimum Gasteiger partial charge on any atom is -0.299 e. The molecule has 0 unspecified atom stereocenters. The maximum absolute atomic E-state index is 12.8. The smallest absolute Gasteiger partial charge is 0.250 e. The van der Waals surface area contributed by atoms with Crippen LogP contribution in [0.5, 0.6) is 0 Å². The van der Waals surface area contributed by atoms with Crippen LogP contribution in [0.1, 0.15) is 29.5 Å². The van der Waals surface area contributed by atoms with Gasteiger partial charge in [0, 0.05) is 29.4 Å². The highest BCUT2D eigenvalue weighted by atomic mass is 35.5. The van der Waals surface area contributed by atoms with E-state index in [1.807, 2.05) is 19.1 Å². The molecular formula is C22H26Cl2N2O2S2. The molecule has 0 fully saturated rings. The SMILES string of the molecule is Cc1c(S(=O)(=O)NCCCCN2CCc3ccccc3C2)sc2ccc(Cl)cc12.Cl. The third-order valence-electron chi connectivity index (χ3n) is 5.50. The zero-order chi connectivity index (χ0) is 20.4. The molecule has 0 saturated carbocycles. The number of aryl methyl sites for hydroxylation is 1. The Hall–Kier alpha value is -1.15. The predicted octanol–water partition coefficient (Wildman–Crippen LogP) is 5.40. The van der Waals surface area contributed by atoms with Crippen molar-refractivity contribution < 1.29 is 8.42 Å². The summed E-state index contributed by atoms with van der Waals surface area (Å²) in [7, 11) is -3.50. The maximum atomic E-state index is 12.8. The molecule has 0 saturated heterocycles. The number of thiophene rings is 1. The molecule has 0 radical (unpaired) electrons. The minimum atomic E-state index is -3.50. The van der Waals surface area contributed by atoms with E-state index < -0.39 is 10.0 Å². The summed E-state index contributed by atoms with van der Waals surface area (Å²) in [6.07, 6.45) is 2.90. The molecule has 2 aromatic carbocycles. The number of nitrogens with one attached hydrogen (secondary N) is 1. The summed E-state index contributed by atoms with van der Waals surface area (Å²) in [5.41, 5.74) is 3.64. The molecule has 0 aliphatic carbocycles. The quantitative estimate of drug-likeness (QED) is 0.456. The van der Waals surface area contributed by atoms with Crippen molar-refractivity contribution in [3.8, 4) is 0 Å². The van der Waals surface area contributed by atoms with E-state index in [9.17, 15) is 8.42 Å². The molecule has 1 aliphatic rings. The van der Waals surface area contributed by atoms with E-state index in [4.69, 9.17) is 11.6 Å². The van der Waals surface area contributed by atoms with Crippen molar-refractivity contribution in [2.24, 2.45) is 0 Å². The average Bonchev–Trinajstić information content (AvgIpc) is 3.04. The number of fused-ring (bicyclic) bond motifs is 2. The van der Waals surface area contributed by atoms with Gasteiger partial charge in [0.15, 0.2) is 0 Å². The second kappa shape index (κ2) is 9.98. The molecule has 162 valence electrons. The zero-order valence-electron chi connectivity index (χ0n) is 16.9. The Morgan fingerprint density at radius 2 is 1.90 bits per heavy atom. The van der Waals surface area contributed by atoms with Gasteiger partial charge in [-0.15, -0.1) is 23.7 Å². The van der Waals surface area contributed by atoms with Crippen LogP contribution in [-0.4, -0.2) is 33.0 Å². The van der Waals surface area contributed by atoms with Crippen molar-refractivity contribution in [1.29, 1.82) is 0 Å². The second-order valence-electron chi connectivity index (χ2n) is 7.55. The Kier molecular flexibility index (Phi) is 7.82. The summed E-state index contributed by atoms with van der Waals surface area (Å²) in [6.45, 7) is 5.37. The molecule has 1 aliphatic heterocycles. The van der Waals surface area contributed by atoms with Gasteiger partial charge < -0.3 is 0 Å². The molecule has 1 aromatic heterocycles. The molecule has 30 heavy (non-hydrogen) atoms. The van der Waals surface area contributed by atoms with Crippen LogP contribution in [0.15, 0.2) is 46.7 Å². The first-order valence-corrected chi connectivity index (χ1v) is 12.6. The van der Waals surface area contributed by atoms with E-state index in [-0.39, 0.29) is 12.4 Å². The standard InChI is InChI=1S/C22H25ClN2O2S2.ClH/c1-16-20-14-19(23)8-9-21(20)28-22(16)29(26,27)24-11-4-5-12-25-13-10-17-6-2-3-7-18(17)15-25;/h2-3,6-9,14,24H,4-5,10-13,15H2,1H3;1H. The van der Waals surface area contributed by atoms with Crippen LogP contribution in [0.2, 0.25) is 5.02 Å². The third kappa shape index (κ3) is 5.18. The maximum Gasteiger partial charge on any atom is 0.250 e. The van der Waals surface area contributed by atoms with Crippen LogP contribution in [0.4, 0.5) is 0 Å². The molecule has 8 heteroatoms. The summed E-state index contributed by atoms with van der Waals surface area (Å²) < 4.78 is 29.6. The third-order valence-corrected chi connectivity index (χ3v) is 9.09. The second-order valence-corrected chi connectivity index (χ2v) is 11.0. The van der Waals surface area contributed by atoms with Crippen LogP contribution in [0.25, 0.3) is 10.1 Å². The molecule has 4 rings (SSSR count). The molecule has 1 N–H and O–H groups in total. The van der Waals surface area contributed by atoms with Gasteiger partial charge in [0.1, 0.15) is 4.21 Å². The van der Waals surface area contributed by atoms with E-state index in [0.717, 1.165) is 54.5 Å². The molecule has 0 atom stereocenters. The van der Waals surface area contributed by atoms with E-state index in [1.165, 1.54) is 22.5 Å². The summed E-state index contributed by atoms with van der Waals surface area (Å²) >= 11 is 7.36.